The molecule has 1 amide bonds. The minimum absolute atomic E-state index is 0.288. The summed E-state index contributed by atoms with van der Waals surface area (Å²) in [4.78, 5) is 12.8. The zero-order valence-electron chi connectivity index (χ0n) is 11.2. The number of hydrogen-bond acceptors (Lipinski definition) is 5. The Balaban J connectivity index is 1.73. The molecule has 110 valence electrons. The van der Waals surface area contributed by atoms with Crippen LogP contribution in [0.2, 0.25) is 5.02 Å². The summed E-state index contributed by atoms with van der Waals surface area (Å²) >= 11 is 7.51. The largest absolute Gasteiger partial charge is 0.302 e. The number of thiophene rings is 1. The Labute approximate surface area is 135 Å². The fourth-order valence-electron chi connectivity index (χ4n) is 1.78. The van der Waals surface area contributed by atoms with Crippen LogP contribution in [0.5, 0.6) is 0 Å². The first-order valence-corrected chi connectivity index (χ1v) is 7.60. The van der Waals surface area contributed by atoms with Crippen LogP contribution in [0.3, 0.4) is 0 Å². The van der Waals surface area contributed by atoms with Crippen LogP contribution < -0.4 is 5.32 Å². The Morgan fingerprint density at radius 1 is 1.23 bits per heavy atom. The van der Waals surface area contributed by atoms with Crippen molar-refractivity contribution < 1.29 is 9.42 Å². The highest BCUT2D eigenvalue weighted by atomic mass is 35.5. The van der Waals surface area contributed by atoms with E-state index in [1.807, 2.05) is 35.7 Å². The Hall–Kier alpha value is -2.44. The molecule has 3 rings (SSSR count). The third kappa shape index (κ3) is 3.24. The SMILES string of the molecule is O=C(C=Cc1ccccc1Cl)Nc1nonc1-c1cccs1. The minimum atomic E-state index is -0.339. The monoisotopic (exact) mass is 331 g/mol. The van der Waals surface area contributed by atoms with Crippen LogP contribution in [0, 0.1) is 0 Å². The average Bonchev–Trinajstić information content (AvgIpc) is 3.17. The number of carbonyl (C=O) groups is 1. The number of halogens is 1. The second kappa shape index (κ2) is 6.55. The van der Waals surface area contributed by atoms with Crippen molar-refractivity contribution in [2.45, 2.75) is 0 Å². The van der Waals surface area contributed by atoms with E-state index >= 15 is 0 Å². The highest BCUT2D eigenvalue weighted by Gasteiger charge is 2.14. The number of benzene rings is 1. The maximum Gasteiger partial charge on any atom is 0.249 e. The summed E-state index contributed by atoms with van der Waals surface area (Å²) in [5.74, 6) is -0.0512. The molecule has 0 aliphatic rings. The number of carbonyl (C=O) groups excluding carboxylic acids is 1. The summed E-state index contributed by atoms with van der Waals surface area (Å²) in [6.45, 7) is 0. The molecule has 1 aromatic carbocycles. The molecule has 0 aliphatic heterocycles. The molecule has 22 heavy (non-hydrogen) atoms. The number of nitrogens with zero attached hydrogens (tertiary/aromatic N) is 2. The maximum absolute atomic E-state index is 12.0. The van der Waals surface area contributed by atoms with E-state index in [1.54, 1.807) is 12.1 Å². The van der Waals surface area contributed by atoms with Crippen molar-refractivity contribution in [2.24, 2.45) is 0 Å². The van der Waals surface area contributed by atoms with Gasteiger partial charge in [-0.15, -0.1) is 11.3 Å². The number of hydrogen-bond donors (Lipinski definition) is 1. The molecular formula is C15H10ClN3O2S. The van der Waals surface area contributed by atoms with E-state index in [4.69, 9.17) is 16.2 Å². The van der Waals surface area contributed by atoms with Crippen molar-refractivity contribution in [1.82, 2.24) is 10.3 Å². The number of aromatic nitrogens is 2. The molecule has 0 saturated carbocycles. The van der Waals surface area contributed by atoms with Crippen LogP contribution in [0.4, 0.5) is 5.82 Å². The first-order chi connectivity index (χ1) is 10.7. The zero-order chi connectivity index (χ0) is 15.4. The summed E-state index contributed by atoms with van der Waals surface area (Å²) in [5, 5.41) is 12.6. The summed E-state index contributed by atoms with van der Waals surface area (Å²) in [7, 11) is 0. The van der Waals surface area contributed by atoms with Crippen molar-refractivity contribution in [3.8, 4) is 10.6 Å². The summed E-state index contributed by atoms with van der Waals surface area (Å²) in [5.41, 5.74) is 1.27. The quantitative estimate of drug-likeness (QED) is 0.731. The molecule has 3 aromatic rings. The number of nitrogens with one attached hydrogen (secondary N) is 1. The van der Waals surface area contributed by atoms with Gasteiger partial charge in [-0.3, -0.25) is 4.79 Å². The molecule has 0 bridgehead atoms. The fourth-order valence-corrected chi connectivity index (χ4v) is 2.68. The molecule has 0 spiro atoms. The number of rotatable bonds is 4. The fraction of sp³-hybridized carbons (Fsp3) is 0. The lowest BCUT2D eigenvalue weighted by atomic mass is 10.2. The molecule has 0 radical (unpaired) electrons. The molecule has 2 heterocycles. The lowest BCUT2D eigenvalue weighted by Gasteiger charge is -1.99. The molecule has 7 heteroatoms. The molecule has 0 saturated heterocycles. The van der Waals surface area contributed by atoms with Gasteiger partial charge in [0, 0.05) is 11.1 Å². The van der Waals surface area contributed by atoms with Gasteiger partial charge in [0.05, 0.1) is 4.88 Å². The first-order valence-electron chi connectivity index (χ1n) is 6.34. The first kappa shape index (κ1) is 14.5. The Morgan fingerprint density at radius 2 is 2.09 bits per heavy atom. The minimum Gasteiger partial charge on any atom is -0.302 e. The molecule has 0 unspecified atom stereocenters. The third-order valence-electron chi connectivity index (χ3n) is 2.80. The van der Waals surface area contributed by atoms with E-state index in [1.165, 1.54) is 17.4 Å². The van der Waals surface area contributed by atoms with Crippen LogP contribution in [-0.4, -0.2) is 16.2 Å². The van der Waals surface area contributed by atoms with Gasteiger partial charge in [-0.1, -0.05) is 35.9 Å². The molecule has 1 N–H and O–H groups in total. The maximum atomic E-state index is 12.0. The van der Waals surface area contributed by atoms with Crippen LogP contribution in [0.15, 0.2) is 52.5 Å². The van der Waals surface area contributed by atoms with Gasteiger partial charge in [0.15, 0.2) is 5.69 Å². The smallest absolute Gasteiger partial charge is 0.249 e. The van der Waals surface area contributed by atoms with Crippen molar-refractivity contribution in [3.05, 3.63) is 58.4 Å². The normalized spacial score (nSPS) is 11.0. The second-order valence-electron chi connectivity index (χ2n) is 4.28. The predicted molar refractivity (Wildman–Crippen MR) is 86.7 cm³/mol. The van der Waals surface area contributed by atoms with Crippen LogP contribution >= 0.6 is 22.9 Å². The van der Waals surface area contributed by atoms with E-state index in [9.17, 15) is 4.79 Å². The molecule has 5 nitrogen and oxygen atoms in total. The topological polar surface area (TPSA) is 68.0 Å². The molecule has 0 atom stereocenters. The molecule has 0 aliphatic carbocycles. The van der Waals surface area contributed by atoms with E-state index in [0.29, 0.717) is 10.7 Å². The summed E-state index contributed by atoms with van der Waals surface area (Å²) < 4.78 is 4.70. The Morgan fingerprint density at radius 3 is 2.86 bits per heavy atom. The third-order valence-corrected chi connectivity index (χ3v) is 4.02. The van der Waals surface area contributed by atoms with Crippen molar-refractivity contribution in [1.29, 1.82) is 0 Å². The number of anilines is 1. The van der Waals surface area contributed by atoms with Gasteiger partial charge < -0.3 is 5.32 Å². The lowest BCUT2D eigenvalue weighted by Crippen LogP contribution is -2.08. The summed E-state index contributed by atoms with van der Waals surface area (Å²) in [6, 6.07) is 11.0. The second-order valence-corrected chi connectivity index (χ2v) is 5.64. The highest BCUT2D eigenvalue weighted by Crippen LogP contribution is 2.28. The standard InChI is InChI=1S/C15H10ClN3O2S/c16-11-5-2-1-4-10(11)7-8-13(20)17-15-14(18-21-19-15)12-6-3-9-22-12/h1-9H,(H,17,19,20). The van der Waals surface area contributed by atoms with Gasteiger partial charge in [-0.05, 0) is 39.5 Å². The Bertz CT molecular complexity index is 812. The lowest BCUT2D eigenvalue weighted by molar-refractivity contribution is -0.111. The van der Waals surface area contributed by atoms with Gasteiger partial charge in [0.1, 0.15) is 0 Å². The van der Waals surface area contributed by atoms with Gasteiger partial charge in [-0.25, -0.2) is 4.63 Å². The van der Waals surface area contributed by atoms with E-state index < -0.39 is 0 Å². The van der Waals surface area contributed by atoms with Gasteiger partial charge in [-0.2, -0.15) is 0 Å². The molecule has 2 aromatic heterocycles. The van der Waals surface area contributed by atoms with Gasteiger partial charge >= 0.3 is 0 Å². The number of amides is 1. The van der Waals surface area contributed by atoms with Crippen LogP contribution in [-0.2, 0) is 4.79 Å². The van der Waals surface area contributed by atoms with E-state index in [0.717, 1.165) is 10.4 Å². The predicted octanol–water partition coefficient (Wildman–Crippen LogP) is 4.10. The summed E-state index contributed by atoms with van der Waals surface area (Å²) in [6.07, 6.45) is 3.02. The van der Waals surface area contributed by atoms with Gasteiger partial charge in [0.2, 0.25) is 11.7 Å². The molecule has 0 fully saturated rings. The average molecular weight is 332 g/mol. The van der Waals surface area contributed by atoms with Crippen molar-refractivity contribution in [2.75, 3.05) is 5.32 Å². The van der Waals surface area contributed by atoms with Crippen LogP contribution in [0.1, 0.15) is 5.56 Å². The van der Waals surface area contributed by atoms with Crippen molar-refractivity contribution >= 4 is 40.7 Å². The van der Waals surface area contributed by atoms with E-state index in [-0.39, 0.29) is 11.7 Å². The van der Waals surface area contributed by atoms with Crippen molar-refractivity contribution in [3.63, 3.8) is 0 Å². The highest BCUT2D eigenvalue weighted by molar-refractivity contribution is 7.13. The van der Waals surface area contributed by atoms with E-state index in [2.05, 4.69) is 15.6 Å². The zero-order valence-corrected chi connectivity index (χ0v) is 12.8. The molecular weight excluding hydrogens is 322 g/mol. The van der Waals surface area contributed by atoms with Gasteiger partial charge in [0.25, 0.3) is 0 Å². The Kier molecular flexibility index (Phi) is 4.32. The van der Waals surface area contributed by atoms with Crippen LogP contribution in [0.25, 0.3) is 16.6 Å².